The van der Waals surface area contributed by atoms with Crippen LogP contribution in [-0.4, -0.2) is 14.5 Å². The van der Waals surface area contributed by atoms with E-state index in [1.54, 1.807) is 0 Å². The fraction of sp³-hybridized carbons (Fsp3) is 0.500. The van der Waals surface area contributed by atoms with Gasteiger partial charge in [0.2, 0.25) is 0 Å². The third-order valence-electron chi connectivity index (χ3n) is 3.20. The van der Waals surface area contributed by atoms with Crippen LogP contribution in [0.4, 0.5) is 0 Å². The molecule has 1 aliphatic rings. The largest absolute Gasteiger partial charge is 0.329 e. The first-order valence-corrected chi connectivity index (χ1v) is 5.75. The van der Waals surface area contributed by atoms with E-state index in [4.69, 9.17) is 5.73 Å². The first-order valence-electron chi connectivity index (χ1n) is 5.75. The van der Waals surface area contributed by atoms with Crippen LogP contribution in [0.15, 0.2) is 6.20 Å². The van der Waals surface area contributed by atoms with Crippen molar-refractivity contribution in [1.29, 1.82) is 0 Å². The second-order valence-electron chi connectivity index (χ2n) is 4.55. The first-order chi connectivity index (χ1) is 7.70. The average Bonchev–Trinajstić information content (AvgIpc) is 3.00. The lowest BCUT2D eigenvalue weighted by atomic mass is 10.2. The molecule has 2 heterocycles. The maximum atomic E-state index is 5.79. The number of nitrogens with two attached hydrogens (primary N) is 1. The van der Waals surface area contributed by atoms with Gasteiger partial charge in [0.1, 0.15) is 11.5 Å². The smallest absolute Gasteiger partial charge is 0.144 e. The number of hydrogen-bond donors (Lipinski definition) is 1. The molecule has 2 aromatic rings. The van der Waals surface area contributed by atoms with Crippen LogP contribution < -0.4 is 5.73 Å². The Labute approximate surface area is 94.5 Å². The molecule has 3 rings (SSSR count). The van der Waals surface area contributed by atoms with Crippen molar-refractivity contribution in [1.82, 2.24) is 14.5 Å². The molecular weight excluding hydrogens is 200 g/mol. The predicted molar refractivity (Wildman–Crippen MR) is 63.2 cm³/mol. The summed E-state index contributed by atoms with van der Waals surface area (Å²) in [6.07, 6.45) is 4.68. The van der Waals surface area contributed by atoms with E-state index in [1.165, 1.54) is 18.4 Å². The van der Waals surface area contributed by atoms with Crippen molar-refractivity contribution in [2.75, 3.05) is 0 Å². The number of nitrogens with zero attached hydrogens (tertiary/aromatic N) is 3. The zero-order valence-electron chi connectivity index (χ0n) is 9.70. The van der Waals surface area contributed by atoms with E-state index in [0.29, 0.717) is 12.6 Å². The van der Waals surface area contributed by atoms with Gasteiger partial charge in [0, 0.05) is 24.2 Å². The molecule has 0 aliphatic heterocycles. The van der Waals surface area contributed by atoms with Gasteiger partial charge in [-0.2, -0.15) is 0 Å². The Morgan fingerprint density at radius 1 is 1.38 bits per heavy atom. The molecule has 16 heavy (non-hydrogen) atoms. The van der Waals surface area contributed by atoms with E-state index in [2.05, 4.69) is 20.7 Å². The number of hydrogen-bond acceptors (Lipinski definition) is 3. The van der Waals surface area contributed by atoms with Gasteiger partial charge in [0.05, 0.1) is 5.69 Å². The second kappa shape index (κ2) is 3.28. The highest BCUT2D eigenvalue weighted by Crippen LogP contribution is 2.38. The Morgan fingerprint density at radius 3 is 2.75 bits per heavy atom. The van der Waals surface area contributed by atoms with Gasteiger partial charge in [-0.1, -0.05) is 0 Å². The summed E-state index contributed by atoms with van der Waals surface area (Å²) in [7, 11) is 0. The lowest BCUT2D eigenvalue weighted by Gasteiger charge is -2.03. The number of aryl methyl sites for hydroxylation is 2. The van der Waals surface area contributed by atoms with E-state index >= 15 is 0 Å². The highest BCUT2D eigenvalue weighted by atomic mass is 15.1. The minimum atomic E-state index is 0.559. The predicted octanol–water partition coefficient (Wildman–Crippen LogP) is 1.84. The topological polar surface area (TPSA) is 56.7 Å². The molecule has 0 spiro atoms. The zero-order chi connectivity index (χ0) is 11.3. The summed E-state index contributed by atoms with van der Waals surface area (Å²) in [6, 6.07) is 0.636. The summed E-state index contributed by atoms with van der Waals surface area (Å²) < 4.78 is 2.28. The van der Waals surface area contributed by atoms with Crippen molar-refractivity contribution < 1.29 is 0 Å². The van der Waals surface area contributed by atoms with E-state index in [9.17, 15) is 0 Å². The molecule has 1 fully saturated rings. The molecule has 0 atom stereocenters. The quantitative estimate of drug-likeness (QED) is 0.833. The molecule has 1 saturated carbocycles. The summed E-state index contributed by atoms with van der Waals surface area (Å²) >= 11 is 0. The molecule has 2 aromatic heterocycles. The van der Waals surface area contributed by atoms with Crippen molar-refractivity contribution >= 4 is 11.0 Å². The monoisotopic (exact) mass is 216 g/mol. The third kappa shape index (κ3) is 1.33. The normalized spacial score (nSPS) is 15.9. The second-order valence-corrected chi connectivity index (χ2v) is 4.55. The third-order valence-corrected chi connectivity index (χ3v) is 3.20. The molecule has 4 heteroatoms. The fourth-order valence-corrected chi connectivity index (χ4v) is 2.34. The van der Waals surface area contributed by atoms with E-state index < -0.39 is 0 Å². The van der Waals surface area contributed by atoms with E-state index in [1.807, 2.05) is 13.8 Å². The van der Waals surface area contributed by atoms with Gasteiger partial charge in [0.25, 0.3) is 0 Å². The van der Waals surface area contributed by atoms with E-state index in [0.717, 1.165) is 22.6 Å². The lowest BCUT2D eigenvalue weighted by molar-refractivity contribution is 0.758. The van der Waals surface area contributed by atoms with Crippen LogP contribution in [0, 0.1) is 13.8 Å². The van der Waals surface area contributed by atoms with Crippen LogP contribution in [0.3, 0.4) is 0 Å². The summed E-state index contributed by atoms with van der Waals surface area (Å²) in [5, 5.41) is 1.15. The van der Waals surface area contributed by atoms with E-state index in [-0.39, 0.29) is 0 Å². The first kappa shape index (κ1) is 9.78. The molecule has 2 N–H and O–H groups in total. The van der Waals surface area contributed by atoms with Gasteiger partial charge in [-0.05, 0) is 32.3 Å². The Kier molecular flexibility index (Phi) is 2.01. The summed E-state index contributed by atoms with van der Waals surface area (Å²) in [5.41, 5.74) is 9.06. The van der Waals surface area contributed by atoms with Crippen molar-refractivity contribution in [2.45, 2.75) is 39.3 Å². The molecule has 0 amide bonds. The minimum Gasteiger partial charge on any atom is -0.329 e. The molecule has 0 saturated heterocycles. The maximum absolute atomic E-state index is 5.79. The van der Waals surface area contributed by atoms with Crippen LogP contribution in [0.2, 0.25) is 0 Å². The molecule has 4 nitrogen and oxygen atoms in total. The van der Waals surface area contributed by atoms with Gasteiger partial charge >= 0.3 is 0 Å². The van der Waals surface area contributed by atoms with Gasteiger partial charge in [-0.25, -0.2) is 9.97 Å². The Balaban J connectivity index is 2.35. The summed E-state index contributed by atoms with van der Waals surface area (Å²) in [5.74, 6) is 0.841. The molecular formula is C12H16N4. The van der Waals surface area contributed by atoms with Gasteiger partial charge in [-0.3, -0.25) is 0 Å². The van der Waals surface area contributed by atoms with Crippen molar-refractivity contribution in [2.24, 2.45) is 5.73 Å². The fourth-order valence-electron chi connectivity index (χ4n) is 2.34. The van der Waals surface area contributed by atoms with Crippen molar-refractivity contribution in [3.05, 3.63) is 23.3 Å². The molecule has 0 bridgehead atoms. The highest BCUT2D eigenvalue weighted by Gasteiger charge is 2.27. The Hall–Kier alpha value is -1.42. The van der Waals surface area contributed by atoms with Crippen LogP contribution in [0.1, 0.15) is 36.0 Å². The van der Waals surface area contributed by atoms with Crippen LogP contribution in [0.25, 0.3) is 11.0 Å². The number of fused-ring (bicyclic) bond motifs is 1. The number of aromatic nitrogens is 3. The van der Waals surface area contributed by atoms with Gasteiger partial charge < -0.3 is 10.3 Å². The molecule has 1 aliphatic carbocycles. The lowest BCUT2D eigenvalue weighted by Crippen LogP contribution is -1.98. The zero-order valence-corrected chi connectivity index (χ0v) is 9.70. The standard InChI is InChI=1S/C12H16N4/c1-7-11-9(5-13)6-16(10-3-4-10)12(11)15-8(2)14-7/h6,10H,3-5,13H2,1-2H3. The number of rotatable bonds is 2. The maximum Gasteiger partial charge on any atom is 0.144 e. The minimum absolute atomic E-state index is 0.559. The Bertz CT molecular complexity index is 552. The molecule has 0 radical (unpaired) electrons. The molecule has 0 unspecified atom stereocenters. The summed E-state index contributed by atoms with van der Waals surface area (Å²) in [6.45, 7) is 4.54. The van der Waals surface area contributed by atoms with Gasteiger partial charge in [-0.15, -0.1) is 0 Å². The summed E-state index contributed by atoms with van der Waals surface area (Å²) in [4.78, 5) is 8.99. The molecule has 84 valence electrons. The van der Waals surface area contributed by atoms with Gasteiger partial charge in [0.15, 0.2) is 0 Å². The average molecular weight is 216 g/mol. The van der Waals surface area contributed by atoms with Crippen LogP contribution >= 0.6 is 0 Å². The van der Waals surface area contributed by atoms with Crippen LogP contribution in [-0.2, 0) is 6.54 Å². The van der Waals surface area contributed by atoms with Crippen molar-refractivity contribution in [3.8, 4) is 0 Å². The highest BCUT2D eigenvalue weighted by molar-refractivity contribution is 5.83. The molecule has 0 aromatic carbocycles. The van der Waals surface area contributed by atoms with Crippen molar-refractivity contribution in [3.63, 3.8) is 0 Å². The Morgan fingerprint density at radius 2 is 2.12 bits per heavy atom. The SMILES string of the molecule is Cc1nc(C)c2c(CN)cn(C3CC3)c2n1. The van der Waals surface area contributed by atoms with Crippen LogP contribution in [0.5, 0.6) is 0 Å².